The summed E-state index contributed by atoms with van der Waals surface area (Å²) in [5, 5.41) is 8.66. The summed E-state index contributed by atoms with van der Waals surface area (Å²) in [5.74, 6) is -2.38. The number of halogens is 6. The second kappa shape index (κ2) is 5.34. The zero-order valence-corrected chi connectivity index (χ0v) is 10.1. The summed E-state index contributed by atoms with van der Waals surface area (Å²) in [4.78, 5) is 10.6. The molecule has 0 saturated heterocycles. The van der Waals surface area contributed by atoms with Gasteiger partial charge in [-0.2, -0.15) is 26.3 Å². The molecule has 0 saturated carbocycles. The van der Waals surface area contributed by atoms with Crippen molar-refractivity contribution in [3.05, 3.63) is 34.9 Å². The molecule has 2 nitrogen and oxygen atoms in total. The Bertz CT molecular complexity index is 471. The number of alkyl halides is 6. The molecule has 1 atom stereocenters. The second-order valence-electron chi connectivity index (χ2n) is 4.36. The van der Waals surface area contributed by atoms with Gasteiger partial charge in [0, 0.05) is 0 Å². The Morgan fingerprint density at radius 2 is 1.45 bits per heavy atom. The van der Waals surface area contributed by atoms with Crippen molar-refractivity contribution in [3.63, 3.8) is 0 Å². The number of carbonyl (C=O) groups is 1. The van der Waals surface area contributed by atoms with Crippen LogP contribution < -0.4 is 0 Å². The minimum atomic E-state index is -4.93. The fourth-order valence-corrected chi connectivity index (χ4v) is 1.58. The maximum Gasteiger partial charge on any atom is 0.416 e. The molecular weight excluding hydrogens is 290 g/mol. The number of carboxylic acid groups (broad SMARTS) is 1. The van der Waals surface area contributed by atoms with E-state index in [1.54, 1.807) is 0 Å². The Kier molecular flexibility index (Phi) is 4.36. The van der Waals surface area contributed by atoms with Gasteiger partial charge in [0.1, 0.15) is 0 Å². The van der Waals surface area contributed by atoms with E-state index in [4.69, 9.17) is 5.11 Å². The Morgan fingerprint density at radius 1 is 1.05 bits per heavy atom. The van der Waals surface area contributed by atoms with Crippen molar-refractivity contribution < 1.29 is 36.2 Å². The number of rotatable bonds is 3. The van der Waals surface area contributed by atoms with Crippen molar-refractivity contribution in [2.45, 2.75) is 25.7 Å². The lowest BCUT2D eigenvalue weighted by Crippen LogP contribution is -2.15. The molecule has 1 aromatic rings. The summed E-state index contributed by atoms with van der Waals surface area (Å²) in [6.45, 7) is 1.20. The molecule has 20 heavy (non-hydrogen) atoms. The van der Waals surface area contributed by atoms with E-state index < -0.39 is 41.8 Å². The van der Waals surface area contributed by atoms with E-state index in [1.165, 1.54) is 6.92 Å². The fourth-order valence-electron chi connectivity index (χ4n) is 1.58. The van der Waals surface area contributed by atoms with Crippen LogP contribution in [0.2, 0.25) is 0 Å². The molecule has 0 aromatic heterocycles. The van der Waals surface area contributed by atoms with E-state index in [9.17, 15) is 31.1 Å². The van der Waals surface area contributed by atoms with Crippen LogP contribution >= 0.6 is 0 Å². The molecule has 0 aliphatic rings. The Balaban J connectivity index is 3.28. The number of carboxylic acids is 1. The van der Waals surface area contributed by atoms with E-state index in [0.29, 0.717) is 12.1 Å². The second-order valence-corrected chi connectivity index (χ2v) is 4.36. The molecule has 1 aromatic carbocycles. The third-order valence-electron chi connectivity index (χ3n) is 2.61. The predicted molar refractivity (Wildman–Crippen MR) is 56.9 cm³/mol. The average molecular weight is 300 g/mol. The number of benzene rings is 1. The highest BCUT2D eigenvalue weighted by Gasteiger charge is 2.37. The van der Waals surface area contributed by atoms with Gasteiger partial charge in [-0.15, -0.1) is 0 Å². The molecule has 1 N–H and O–H groups in total. The zero-order valence-electron chi connectivity index (χ0n) is 10.1. The minimum Gasteiger partial charge on any atom is -0.481 e. The molecule has 0 aliphatic heterocycles. The highest BCUT2D eigenvalue weighted by Crippen LogP contribution is 2.36. The summed E-state index contributed by atoms with van der Waals surface area (Å²) in [5.41, 5.74) is -3.21. The highest BCUT2D eigenvalue weighted by molar-refractivity contribution is 5.69. The van der Waals surface area contributed by atoms with E-state index in [2.05, 4.69) is 0 Å². The van der Waals surface area contributed by atoms with Crippen LogP contribution in [0.3, 0.4) is 0 Å². The summed E-state index contributed by atoms with van der Waals surface area (Å²) in [6, 6.07) is 1.08. The van der Waals surface area contributed by atoms with Crippen LogP contribution in [0.4, 0.5) is 26.3 Å². The largest absolute Gasteiger partial charge is 0.481 e. The summed E-state index contributed by atoms with van der Waals surface area (Å²) < 4.78 is 75.3. The maximum atomic E-state index is 12.5. The SMILES string of the molecule is CC(Cc1cc(C(F)(F)F)cc(C(F)(F)F)c1)C(=O)O. The summed E-state index contributed by atoms with van der Waals surface area (Å²) in [6.07, 6.45) is -10.3. The van der Waals surface area contributed by atoms with Crippen LogP contribution in [0.1, 0.15) is 23.6 Å². The van der Waals surface area contributed by atoms with Crippen molar-refractivity contribution in [3.8, 4) is 0 Å². The first-order chi connectivity index (χ1) is 8.91. The molecule has 0 aliphatic carbocycles. The van der Waals surface area contributed by atoms with Crippen molar-refractivity contribution in [1.29, 1.82) is 0 Å². The Labute approximate surface area is 110 Å². The van der Waals surface area contributed by atoms with E-state index in [0.717, 1.165) is 0 Å². The van der Waals surface area contributed by atoms with Crippen LogP contribution in [-0.4, -0.2) is 11.1 Å². The van der Waals surface area contributed by atoms with Gasteiger partial charge in [-0.05, 0) is 30.2 Å². The van der Waals surface area contributed by atoms with Gasteiger partial charge in [0.25, 0.3) is 0 Å². The summed E-state index contributed by atoms with van der Waals surface area (Å²) >= 11 is 0. The van der Waals surface area contributed by atoms with Crippen LogP contribution in [0.5, 0.6) is 0 Å². The van der Waals surface area contributed by atoms with Crippen LogP contribution in [0, 0.1) is 5.92 Å². The van der Waals surface area contributed by atoms with Crippen molar-refractivity contribution in [2.24, 2.45) is 5.92 Å². The fraction of sp³-hybridized carbons (Fsp3) is 0.417. The van der Waals surface area contributed by atoms with Crippen molar-refractivity contribution in [1.82, 2.24) is 0 Å². The number of hydrogen-bond donors (Lipinski definition) is 1. The molecule has 0 fully saturated rings. The lowest BCUT2D eigenvalue weighted by Gasteiger charge is -2.15. The van der Waals surface area contributed by atoms with Gasteiger partial charge in [0.15, 0.2) is 0 Å². The topological polar surface area (TPSA) is 37.3 Å². The van der Waals surface area contributed by atoms with Gasteiger partial charge in [-0.1, -0.05) is 6.92 Å². The lowest BCUT2D eigenvalue weighted by molar-refractivity contribution is -0.143. The predicted octanol–water partition coefficient (Wildman–Crippen LogP) is 3.99. The molecule has 0 heterocycles. The first-order valence-corrected chi connectivity index (χ1v) is 5.42. The minimum absolute atomic E-state index is 0.00886. The number of aliphatic carboxylic acids is 1. The van der Waals surface area contributed by atoms with Gasteiger partial charge < -0.3 is 5.11 Å². The van der Waals surface area contributed by atoms with Gasteiger partial charge >= 0.3 is 18.3 Å². The molecule has 0 radical (unpaired) electrons. The average Bonchev–Trinajstić information content (AvgIpc) is 2.26. The monoisotopic (exact) mass is 300 g/mol. The molecule has 0 amide bonds. The quantitative estimate of drug-likeness (QED) is 0.857. The van der Waals surface area contributed by atoms with E-state index in [1.807, 2.05) is 0 Å². The Hall–Kier alpha value is -1.73. The normalized spacial score (nSPS) is 14.2. The zero-order chi connectivity index (χ0) is 15.7. The standard InChI is InChI=1S/C12H10F6O2/c1-6(10(19)20)2-7-3-8(11(13,14)15)5-9(4-7)12(16,17)18/h3-6H,2H2,1H3,(H,19,20). The molecule has 0 spiro atoms. The molecule has 8 heteroatoms. The van der Waals surface area contributed by atoms with Crippen molar-refractivity contribution in [2.75, 3.05) is 0 Å². The highest BCUT2D eigenvalue weighted by atomic mass is 19.4. The lowest BCUT2D eigenvalue weighted by atomic mass is 9.97. The van der Waals surface area contributed by atoms with Gasteiger partial charge in [0.2, 0.25) is 0 Å². The van der Waals surface area contributed by atoms with E-state index >= 15 is 0 Å². The van der Waals surface area contributed by atoms with Gasteiger partial charge in [-0.3, -0.25) is 4.79 Å². The molecule has 112 valence electrons. The van der Waals surface area contributed by atoms with E-state index in [-0.39, 0.29) is 11.6 Å². The van der Waals surface area contributed by atoms with Crippen molar-refractivity contribution >= 4 is 5.97 Å². The third-order valence-corrected chi connectivity index (χ3v) is 2.61. The first-order valence-electron chi connectivity index (χ1n) is 5.42. The molecule has 0 bridgehead atoms. The molecule has 1 unspecified atom stereocenters. The van der Waals surface area contributed by atoms with Crippen LogP contribution in [0.25, 0.3) is 0 Å². The Morgan fingerprint density at radius 3 is 1.75 bits per heavy atom. The third kappa shape index (κ3) is 4.14. The van der Waals surface area contributed by atoms with Crippen LogP contribution in [-0.2, 0) is 23.6 Å². The summed E-state index contributed by atoms with van der Waals surface area (Å²) in [7, 11) is 0. The number of hydrogen-bond acceptors (Lipinski definition) is 1. The smallest absolute Gasteiger partial charge is 0.416 e. The maximum absolute atomic E-state index is 12.5. The molecular formula is C12H10F6O2. The first kappa shape index (κ1) is 16.3. The van der Waals surface area contributed by atoms with Gasteiger partial charge in [-0.25, -0.2) is 0 Å². The molecule has 1 rings (SSSR count). The van der Waals surface area contributed by atoms with Gasteiger partial charge in [0.05, 0.1) is 17.0 Å². The van der Waals surface area contributed by atoms with Crippen LogP contribution in [0.15, 0.2) is 18.2 Å².